The minimum Gasteiger partial charge on any atom is -0.370 e. The number of hydrogen-bond acceptors (Lipinski definition) is 4. The summed E-state index contributed by atoms with van der Waals surface area (Å²) < 4.78 is 0. The minimum atomic E-state index is -0.433. The van der Waals surface area contributed by atoms with E-state index in [0.717, 1.165) is 5.69 Å². The van der Waals surface area contributed by atoms with Crippen LogP contribution in [0, 0.1) is 0 Å². The Bertz CT molecular complexity index is 499. The van der Waals surface area contributed by atoms with E-state index in [1.807, 2.05) is 30.3 Å². The van der Waals surface area contributed by atoms with Crippen LogP contribution in [0.3, 0.4) is 0 Å². The van der Waals surface area contributed by atoms with Gasteiger partial charge in [-0.3, -0.25) is 19.5 Å². The molecule has 1 aliphatic rings. The fourth-order valence-corrected chi connectivity index (χ4v) is 1.81. The fraction of sp³-hybridized carbons (Fsp3) is 0.308. The van der Waals surface area contributed by atoms with E-state index in [9.17, 15) is 9.59 Å². The Morgan fingerprint density at radius 2 is 2.11 bits per heavy atom. The summed E-state index contributed by atoms with van der Waals surface area (Å²) in [6.45, 7) is 0.716. The maximum atomic E-state index is 11.9. The van der Waals surface area contributed by atoms with Crippen LogP contribution in [-0.2, 0) is 9.59 Å². The van der Waals surface area contributed by atoms with Crippen molar-refractivity contribution in [3.8, 4) is 0 Å². The lowest BCUT2D eigenvalue weighted by Gasteiger charge is -2.27. The van der Waals surface area contributed by atoms with Crippen molar-refractivity contribution in [1.82, 2.24) is 4.90 Å². The Morgan fingerprint density at radius 3 is 2.79 bits per heavy atom. The second-order valence-corrected chi connectivity index (χ2v) is 4.21. The van der Waals surface area contributed by atoms with Gasteiger partial charge in [-0.15, -0.1) is 0 Å². The maximum absolute atomic E-state index is 11.9. The molecule has 3 N–H and O–H groups in total. The number of benzene rings is 1. The molecule has 19 heavy (non-hydrogen) atoms. The van der Waals surface area contributed by atoms with Crippen molar-refractivity contribution >= 4 is 23.5 Å². The summed E-state index contributed by atoms with van der Waals surface area (Å²) in [5, 5.41) is 3.09. The average molecular weight is 260 g/mol. The molecule has 0 saturated carbocycles. The molecule has 0 atom stereocenters. The Balaban J connectivity index is 2.09. The van der Waals surface area contributed by atoms with E-state index in [1.165, 1.54) is 4.90 Å². The minimum absolute atomic E-state index is 0.0466. The van der Waals surface area contributed by atoms with E-state index in [-0.39, 0.29) is 18.9 Å². The van der Waals surface area contributed by atoms with Gasteiger partial charge in [0, 0.05) is 25.1 Å². The molecule has 6 heteroatoms. The second kappa shape index (κ2) is 5.99. The molecule has 0 unspecified atom stereocenters. The van der Waals surface area contributed by atoms with Gasteiger partial charge in [0.2, 0.25) is 17.8 Å². The van der Waals surface area contributed by atoms with Crippen molar-refractivity contribution in [3.63, 3.8) is 0 Å². The zero-order valence-electron chi connectivity index (χ0n) is 10.5. The van der Waals surface area contributed by atoms with Crippen molar-refractivity contribution in [3.05, 3.63) is 30.3 Å². The summed E-state index contributed by atoms with van der Waals surface area (Å²) in [6, 6.07) is 9.45. The van der Waals surface area contributed by atoms with E-state index in [0.29, 0.717) is 18.9 Å². The number of rotatable bonds is 4. The number of nitrogens with zero attached hydrogens (tertiary/aromatic N) is 2. The summed E-state index contributed by atoms with van der Waals surface area (Å²) in [5.41, 5.74) is 5.96. The number of primary amides is 1. The number of carbonyl (C=O) groups excluding carboxylic acids is 2. The highest BCUT2D eigenvalue weighted by molar-refractivity contribution is 6.05. The summed E-state index contributed by atoms with van der Waals surface area (Å²) in [5.74, 6) is -0.00387. The van der Waals surface area contributed by atoms with Crippen LogP contribution in [0.1, 0.15) is 12.8 Å². The first kappa shape index (κ1) is 13.1. The first-order valence-corrected chi connectivity index (χ1v) is 6.12. The van der Waals surface area contributed by atoms with Crippen LogP contribution >= 0.6 is 0 Å². The number of guanidine groups is 1. The largest absolute Gasteiger partial charge is 0.370 e. The van der Waals surface area contributed by atoms with Gasteiger partial charge < -0.3 is 11.1 Å². The maximum Gasteiger partial charge on any atom is 0.231 e. The average Bonchev–Trinajstić information content (AvgIpc) is 2.39. The fourth-order valence-electron chi connectivity index (χ4n) is 1.81. The Morgan fingerprint density at radius 1 is 1.37 bits per heavy atom. The van der Waals surface area contributed by atoms with E-state index >= 15 is 0 Å². The van der Waals surface area contributed by atoms with Crippen LogP contribution in [0.15, 0.2) is 35.3 Å². The van der Waals surface area contributed by atoms with Gasteiger partial charge in [0.25, 0.3) is 0 Å². The molecular weight excluding hydrogens is 244 g/mol. The molecule has 0 fully saturated rings. The van der Waals surface area contributed by atoms with Crippen LogP contribution < -0.4 is 11.1 Å². The summed E-state index contributed by atoms with van der Waals surface area (Å²) >= 11 is 0. The third-order valence-electron chi connectivity index (χ3n) is 2.76. The van der Waals surface area contributed by atoms with Crippen LogP contribution in [-0.4, -0.2) is 35.8 Å². The van der Waals surface area contributed by atoms with Gasteiger partial charge in [0.1, 0.15) is 0 Å². The van der Waals surface area contributed by atoms with Gasteiger partial charge >= 0.3 is 0 Å². The smallest absolute Gasteiger partial charge is 0.231 e. The topological polar surface area (TPSA) is 87.8 Å². The van der Waals surface area contributed by atoms with Gasteiger partial charge in [-0.2, -0.15) is 0 Å². The lowest BCUT2D eigenvalue weighted by molar-refractivity contribution is -0.128. The van der Waals surface area contributed by atoms with Crippen molar-refractivity contribution < 1.29 is 9.59 Å². The predicted octanol–water partition coefficient (Wildman–Crippen LogP) is 0.562. The number of amides is 2. The molecule has 6 nitrogen and oxygen atoms in total. The van der Waals surface area contributed by atoms with Crippen molar-refractivity contribution in [2.45, 2.75) is 12.8 Å². The molecule has 2 rings (SSSR count). The summed E-state index contributed by atoms with van der Waals surface area (Å²) in [6.07, 6.45) is 0.486. The number of nitrogens with two attached hydrogens (primary N) is 1. The molecule has 0 aliphatic carbocycles. The molecule has 1 aromatic carbocycles. The number of nitrogens with one attached hydrogen (secondary N) is 1. The first-order valence-electron chi connectivity index (χ1n) is 6.12. The van der Waals surface area contributed by atoms with Crippen LogP contribution in [0.25, 0.3) is 0 Å². The highest BCUT2D eigenvalue weighted by Crippen LogP contribution is 2.11. The van der Waals surface area contributed by atoms with E-state index in [2.05, 4.69) is 10.3 Å². The SMILES string of the molecule is NC(=O)CCN1C(=O)CCN=C1Nc1ccccc1. The molecule has 0 bridgehead atoms. The standard InChI is InChI=1S/C13H16N4O2/c14-11(18)7-9-17-12(19)6-8-15-13(17)16-10-4-2-1-3-5-10/h1-5H,6-9H2,(H2,14,18)(H,15,16). The lowest BCUT2D eigenvalue weighted by atomic mass is 10.2. The third kappa shape index (κ3) is 3.54. The number of anilines is 1. The molecule has 100 valence electrons. The molecule has 1 aliphatic heterocycles. The van der Waals surface area contributed by atoms with Gasteiger partial charge in [-0.1, -0.05) is 18.2 Å². The summed E-state index contributed by atoms with van der Waals surface area (Å²) in [4.78, 5) is 28.5. The van der Waals surface area contributed by atoms with E-state index in [1.54, 1.807) is 0 Å². The van der Waals surface area contributed by atoms with Crippen LogP contribution in [0.4, 0.5) is 5.69 Å². The molecular formula is C13H16N4O2. The second-order valence-electron chi connectivity index (χ2n) is 4.21. The molecule has 2 amide bonds. The van der Waals surface area contributed by atoms with Crippen molar-refractivity contribution in [2.75, 3.05) is 18.4 Å². The molecule has 0 spiro atoms. The number of para-hydroxylation sites is 1. The van der Waals surface area contributed by atoms with E-state index in [4.69, 9.17) is 5.73 Å². The van der Waals surface area contributed by atoms with Crippen LogP contribution in [0.2, 0.25) is 0 Å². The Hall–Kier alpha value is -2.37. The third-order valence-corrected chi connectivity index (χ3v) is 2.76. The molecule has 0 aromatic heterocycles. The number of hydrogen-bond donors (Lipinski definition) is 2. The van der Waals surface area contributed by atoms with Gasteiger partial charge in [0.15, 0.2) is 0 Å². The monoisotopic (exact) mass is 260 g/mol. The Kier molecular flexibility index (Phi) is 4.12. The molecule has 0 saturated heterocycles. The normalized spacial score (nSPS) is 15.1. The highest BCUT2D eigenvalue weighted by atomic mass is 16.2. The quantitative estimate of drug-likeness (QED) is 0.829. The zero-order chi connectivity index (χ0) is 13.7. The molecule has 0 radical (unpaired) electrons. The van der Waals surface area contributed by atoms with Crippen molar-refractivity contribution in [2.24, 2.45) is 10.7 Å². The zero-order valence-corrected chi connectivity index (χ0v) is 10.5. The molecule has 1 heterocycles. The van der Waals surface area contributed by atoms with E-state index < -0.39 is 5.91 Å². The van der Waals surface area contributed by atoms with Crippen LogP contribution in [0.5, 0.6) is 0 Å². The summed E-state index contributed by atoms with van der Waals surface area (Å²) in [7, 11) is 0. The number of carbonyl (C=O) groups is 2. The lowest BCUT2D eigenvalue weighted by Crippen LogP contribution is -2.45. The first-order chi connectivity index (χ1) is 9.16. The van der Waals surface area contributed by atoms with Gasteiger partial charge in [-0.05, 0) is 12.1 Å². The highest BCUT2D eigenvalue weighted by Gasteiger charge is 2.23. The number of aliphatic imine (C=N–C) groups is 1. The van der Waals surface area contributed by atoms with Gasteiger partial charge in [0.05, 0.1) is 6.54 Å². The Labute approximate surface area is 111 Å². The van der Waals surface area contributed by atoms with Gasteiger partial charge in [-0.25, -0.2) is 0 Å². The van der Waals surface area contributed by atoms with Crippen molar-refractivity contribution in [1.29, 1.82) is 0 Å². The predicted molar refractivity (Wildman–Crippen MR) is 72.5 cm³/mol. The molecule has 1 aromatic rings.